The highest BCUT2D eigenvalue weighted by Crippen LogP contribution is 2.33. The molecule has 1 saturated heterocycles. The Hall–Kier alpha value is -2.83. The molecule has 1 N–H and O–H groups in total. The standard InChI is InChI=1S/C18H20N2O5/c1-2-3-4-5-8-20-17(22)13(16(21)19-18(20)23)9-12-6-7-14-15(10-12)25-11-24-14/h6-7,9-10H,2-5,8,11H2,1H3,(H,19,21,23)/b13-9+. The van der Waals surface area contributed by atoms with Gasteiger partial charge in [-0.2, -0.15) is 0 Å². The van der Waals surface area contributed by atoms with E-state index in [1.54, 1.807) is 18.2 Å². The van der Waals surface area contributed by atoms with E-state index in [1.165, 1.54) is 6.08 Å². The molecule has 7 nitrogen and oxygen atoms in total. The van der Waals surface area contributed by atoms with Crippen molar-refractivity contribution in [3.63, 3.8) is 0 Å². The fourth-order valence-corrected chi connectivity index (χ4v) is 2.76. The van der Waals surface area contributed by atoms with E-state index < -0.39 is 17.8 Å². The lowest BCUT2D eigenvalue weighted by Crippen LogP contribution is -2.54. The number of carbonyl (C=O) groups is 3. The van der Waals surface area contributed by atoms with E-state index in [1.807, 2.05) is 0 Å². The summed E-state index contributed by atoms with van der Waals surface area (Å²) in [6.07, 6.45) is 5.22. The normalized spacial score (nSPS) is 18.0. The van der Waals surface area contributed by atoms with Crippen molar-refractivity contribution >= 4 is 23.9 Å². The number of nitrogens with zero attached hydrogens (tertiary/aromatic N) is 1. The molecule has 0 unspecified atom stereocenters. The summed E-state index contributed by atoms with van der Waals surface area (Å²) in [6, 6.07) is 4.48. The van der Waals surface area contributed by atoms with E-state index in [4.69, 9.17) is 9.47 Å². The smallest absolute Gasteiger partial charge is 0.331 e. The zero-order valence-corrected chi connectivity index (χ0v) is 14.0. The Morgan fingerprint density at radius 1 is 1.12 bits per heavy atom. The van der Waals surface area contributed by atoms with Crippen LogP contribution in [-0.2, 0) is 9.59 Å². The molecule has 132 valence electrons. The van der Waals surface area contributed by atoms with Gasteiger partial charge in [-0.15, -0.1) is 0 Å². The summed E-state index contributed by atoms with van der Waals surface area (Å²) < 4.78 is 10.5. The number of benzene rings is 1. The second-order valence-electron chi connectivity index (χ2n) is 5.95. The lowest BCUT2D eigenvalue weighted by Gasteiger charge is -2.26. The molecule has 0 spiro atoms. The summed E-state index contributed by atoms with van der Waals surface area (Å²) in [5.41, 5.74) is 0.567. The van der Waals surface area contributed by atoms with Crippen LogP contribution in [0.4, 0.5) is 4.79 Å². The summed E-state index contributed by atoms with van der Waals surface area (Å²) in [5.74, 6) is -0.0693. The second-order valence-corrected chi connectivity index (χ2v) is 5.95. The van der Waals surface area contributed by atoms with Crippen molar-refractivity contribution in [1.29, 1.82) is 0 Å². The molecule has 1 aromatic rings. The first-order valence-corrected chi connectivity index (χ1v) is 8.38. The third-order valence-electron chi connectivity index (χ3n) is 4.13. The summed E-state index contributed by atoms with van der Waals surface area (Å²) in [6.45, 7) is 2.54. The molecule has 0 aromatic heterocycles. The van der Waals surface area contributed by atoms with Crippen LogP contribution in [0.25, 0.3) is 6.08 Å². The monoisotopic (exact) mass is 344 g/mol. The van der Waals surface area contributed by atoms with Crippen molar-refractivity contribution in [3.05, 3.63) is 29.3 Å². The Balaban J connectivity index is 1.78. The minimum atomic E-state index is -0.683. The average Bonchev–Trinajstić information content (AvgIpc) is 3.05. The topological polar surface area (TPSA) is 84.9 Å². The molecule has 3 rings (SSSR count). The van der Waals surface area contributed by atoms with Gasteiger partial charge in [0.2, 0.25) is 6.79 Å². The number of hydrogen-bond donors (Lipinski definition) is 1. The Labute approximate surface area is 145 Å². The maximum Gasteiger partial charge on any atom is 0.331 e. The van der Waals surface area contributed by atoms with Crippen LogP contribution in [0.3, 0.4) is 0 Å². The zero-order valence-electron chi connectivity index (χ0n) is 14.0. The fraction of sp³-hybridized carbons (Fsp3) is 0.389. The van der Waals surface area contributed by atoms with Gasteiger partial charge >= 0.3 is 6.03 Å². The van der Waals surface area contributed by atoms with E-state index in [9.17, 15) is 14.4 Å². The Morgan fingerprint density at radius 2 is 1.92 bits per heavy atom. The van der Waals surface area contributed by atoms with Gasteiger partial charge in [0.1, 0.15) is 5.57 Å². The number of imide groups is 2. The molecule has 2 aliphatic heterocycles. The van der Waals surface area contributed by atoms with Gasteiger partial charge in [0.25, 0.3) is 11.8 Å². The van der Waals surface area contributed by atoms with Crippen LogP contribution in [0.15, 0.2) is 23.8 Å². The maximum absolute atomic E-state index is 12.6. The number of carbonyl (C=O) groups excluding carboxylic acids is 3. The minimum absolute atomic E-state index is 0.0612. The third kappa shape index (κ3) is 3.65. The molecular weight excluding hydrogens is 324 g/mol. The molecule has 2 aliphatic rings. The molecular formula is C18H20N2O5. The van der Waals surface area contributed by atoms with Gasteiger partial charge in [0.05, 0.1) is 0 Å². The van der Waals surface area contributed by atoms with Crippen LogP contribution in [0.1, 0.15) is 38.2 Å². The number of rotatable bonds is 6. The average molecular weight is 344 g/mol. The van der Waals surface area contributed by atoms with Gasteiger partial charge in [-0.1, -0.05) is 32.3 Å². The molecule has 0 saturated carbocycles. The molecule has 0 aliphatic carbocycles. The number of fused-ring (bicyclic) bond motifs is 1. The number of barbiturate groups is 1. The second kappa shape index (κ2) is 7.38. The lowest BCUT2D eigenvalue weighted by atomic mass is 10.1. The SMILES string of the molecule is CCCCCCN1C(=O)NC(=O)/C(=C\c2ccc3c(c2)OCO3)C1=O. The Bertz CT molecular complexity index is 741. The summed E-state index contributed by atoms with van der Waals surface area (Å²) in [4.78, 5) is 37.7. The fourth-order valence-electron chi connectivity index (χ4n) is 2.76. The highest BCUT2D eigenvalue weighted by atomic mass is 16.7. The summed E-state index contributed by atoms with van der Waals surface area (Å²) >= 11 is 0. The molecule has 2 heterocycles. The number of hydrogen-bond acceptors (Lipinski definition) is 5. The van der Waals surface area contributed by atoms with Crippen molar-refractivity contribution in [2.45, 2.75) is 32.6 Å². The first-order chi connectivity index (χ1) is 12.1. The molecule has 1 aromatic carbocycles. The molecule has 4 amide bonds. The van der Waals surface area contributed by atoms with Crippen molar-refractivity contribution in [2.75, 3.05) is 13.3 Å². The number of urea groups is 1. The van der Waals surface area contributed by atoms with Crippen LogP contribution < -0.4 is 14.8 Å². The van der Waals surface area contributed by atoms with Crippen molar-refractivity contribution in [2.24, 2.45) is 0 Å². The molecule has 0 radical (unpaired) electrons. The van der Waals surface area contributed by atoms with Crippen molar-refractivity contribution in [3.8, 4) is 11.5 Å². The van der Waals surface area contributed by atoms with E-state index in [0.29, 0.717) is 23.6 Å². The molecule has 7 heteroatoms. The quantitative estimate of drug-likeness (QED) is 0.487. The van der Waals surface area contributed by atoms with Gasteiger partial charge in [-0.25, -0.2) is 4.79 Å². The maximum atomic E-state index is 12.6. The minimum Gasteiger partial charge on any atom is -0.454 e. The van der Waals surface area contributed by atoms with Gasteiger partial charge < -0.3 is 9.47 Å². The number of ether oxygens (including phenoxy) is 2. The third-order valence-corrected chi connectivity index (χ3v) is 4.13. The highest BCUT2D eigenvalue weighted by molar-refractivity contribution is 6.31. The van der Waals surface area contributed by atoms with Crippen molar-refractivity contribution in [1.82, 2.24) is 10.2 Å². The van der Waals surface area contributed by atoms with Gasteiger partial charge in [0, 0.05) is 6.54 Å². The molecule has 0 bridgehead atoms. The van der Waals surface area contributed by atoms with Crippen LogP contribution >= 0.6 is 0 Å². The number of unbranched alkanes of at least 4 members (excludes halogenated alkanes) is 3. The van der Waals surface area contributed by atoms with Crippen LogP contribution in [0.2, 0.25) is 0 Å². The first-order valence-electron chi connectivity index (χ1n) is 8.38. The first kappa shape index (κ1) is 17.0. The molecule has 1 fully saturated rings. The Morgan fingerprint density at radius 3 is 2.72 bits per heavy atom. The van der Waals surface area contributed by atoms with Gasteiger partial charge in [-0.05, 0) is 30.2 Å². The summed E-state index contributed by atoms with van der Waals surface area (Å²) in [7, 11) is 0. The van der Waals surface area contributed by atoms with E-state index in [2.05, 4.69) is 12.2 Å². The van der Waals surface area contributed by atoms with E-state index >= 15 is 0 Å². The Kier molecular flexibility index (Phi) is 5.02. The van der Waals surface area contributed by atoms with Gasteiger partial charge in [0.15, 0.2) is 11.5 Å². The predicted octanol–water partition coefficient (Wildman–Crippen LogP) is 2.46. The number of amides is 4. The largest absolute Gasteiger partial charge is 0.454 e. The van der Waals surface area contributed by atoms with E-state index in [-0.39, 0.29) is 12.4 Å². The van der Waals surface area contributed by atoms with Crippen LogP contribution in [0, 0.1) is 0 Å². The van der Waals surface area contributed by atoms with Crippen LogP contribution in [-0.4, -0.2) is 36.1 Å². The van der Waals surface area contributed by atoms with Crippen LogP contribution in [0.5, 0.6) is 11.5 Å². The zero-order chi connectivity index (χ0) is 17.8. The van der Waals surface area contributed by atoms with Gasteiger partial charge in [-0.3, -0.25) is 19.8 Å². The lowest BCUT2D eigenvalue weighted by molar-refractivity contribution is -0.130. The highest BCUT2D eigenvalue weighted by Gasteiger charge is 2.35. The molecule has 0 atom stereocenters. The summed E-state index contributed by atoms with van der Waals surface area (Å²) in [5, 5.41) is 2.23. The van der Waals surface area contributed by atoms with E-state index in [0.717, 1.165) is 30.6 Å². The predicted molar refractivity (Wildman–Crippen MR) is 89.9 cm³/mol. The number of nitrogens with one attached hydrogen (secondary N) is 1. The molecule has 25 heavy (non-hydrogen) atoms. The van der Waals surface area contributed by atoms with Crippen molar-refractivity contribution < 1.29 is 23.9 Å².